The van der Waals surface area contributed by atoms with Crippen molar-refractivity contribution in [1.82, 2.24) is 20.1 Å². The smallest absolute Gasteiger partial charge is 0.239 e. The second-order valence-electron chi connectivity index (χ2n) is 4.62. The predicted molar refractivity (Wildman–Crippen MR) is 73.8 cm³/mol. The van der Waals surface area contributed by atoms with Crippen LogP contribution in [-0.4, -0.2) is 20.1 Å². The zero-order chi connectivity index (χ0) is 14.0. The van der Waals surface area contributed by atoms with Crippen molar-refractivity contribution in [3.05, 3.63) is 23.5 Å². The number of aromatic nitrogens is 4. The molecule has 0 amide bonds. The zero-order valence-corrected chi connectivity index (χ0v) is 12.2. The largest absolute Gasteiger partial charge is 0.384 e. The number of thioether (sulfide) groups is 1. The van der Waals surface area contributed by atoms with E-state index in [-0.39, 0.29) is 11.2 Å². The van der Waals surface area contributed by atoms with Crippen LogP contribution < -0.4 is 5.73 Å². The molecule has 0 saturated carbocycles. The Bertz CT molecular complexity index is 549. The Kier molecular flexibility index (Phi) is 4.04. The minimum Gasteiger partial charge on any atom is -0.384 e. The van der Waals surface area contributed by atoms with E-state index in [4.69, 9.17) is 10.3 Å². The minimum atomic E-state index is -0.0128. The van der Waals surface area contributed by atoms with Gasteiger partial charge < -0.3 is 10.3 Å². The van der Waals surface area contributed by atoms with Gasteiger partial charge in [0.25, 0.3) is 0 Å². The molecule has 0 spiro atoms. The molecule has 0 saturated heterocycles. The summed E-state index contributed by atoms with van der Waals surface area (Å²) in [4.78, 5) is 12.9. The van der Waals surface area contributed by atoms with Gasteiger partial charge in [-0.3, -0.25) is 0 Å². The van der Waals surface area contributed by atoms with Crippen LogP contribution in [0.25, 0.3) is 0 Å². The lowest BCUT2D eigenvalue weighted by Gasteiger charge is -2.06. The third kappa shape index (κ3) is 3.44. The van der Waals surface area contributed by atoms with Crippen molar-refractivity contribution in [1.29, 1.82) is 0 Å². The van der Waals surface area contributed by atoms with Gasteiger partial charge in [-0.15, -0.1) is 0 Å². The maximum atomic E-state index is 5.70. The molecule has 0 aromatic carbocycles. The Hall–Kier alpha value is -1.63. The van der Waals surface area contributed by atoms with E-state index >= 15 is 0 Å². The van der Waals surface area contributed by atoms with Crippen LogP contribution in [-0.2, 0) is 0 Å². The molecule has 0 aliphatic heterocycles. The van der Waals surface area contributed by atoms with Gasteiger partial charge in [-0.05, 0) is 13.8 Å². The highest BCUT2D eigenvalue weighted by Crippen LogP contribution is 2.32. The number of anilines is 1. The van der Waals surface area contributed by atoms with Crippen LogP contribution in [0, 0.1) is 6.92 Å². The standard InChI is InChI=1S/C12H17N5OS/c1-6(2)10-16-11(18-17-10)8(4)19-12-14-7(3)5-9(13)15-12/h5-6,8H,1-4H3,(H2,13,14,15)/t8-/m0/s1. The van der Waals surface area contributed by atoms with Crippen molar-refractivity contribution in [2.45, 2.75) is 44.0 Å². The number of nitrogens with zero attached hydrogens (tertiary/aromatic N) is 4. The maximum Gasteiger partial charge on any atom is 0.239 e. The summed E-state index contributed by atoms with van der Waals surface area (Å²) < 4.78 is 5.25. The maximum absolute atomic E-state index is 5.70. The van der Waals surface area contributed by atoms with E-state index in [1.165, 1.54) is 11.8 Å². The first kappa shape index (κ1) is 13.8. The van der Waals surface area contributed by atoms with Crippen molar-refractivity contribution >= 4 is 17.6 Å². The molecular formula is C12H17N5OS. The predicted octanol–water partition coefficient (Wildman–Crippen LogP) is 2.73. The first-order valence-corrected chi connectivity index (χ1v) is 6.95. The first-order valence-electron chi connectivity index (χ1n) is 6.07. The van der Waals surface area contributed by atoms with E-state index in [9.17, 15) is 0 Å². The summed E-state index contributed by atoms with van der Waals surface area (Å²) in [5, 5.41) is 4.56. The average molecular weight is 279 g/mol. The van der Waals surface area contributed by atoms with E-state index in [1.54, 1.807) is 6.07 Å². The molecule has 2 aromatic heterocycles. The van der Waals surface area contributed by atoms with Gasteiger partial charge in [-0.2, -0.15) is 4.98 Å². The molecule has 0 fully saturated rings. The number of hydrogen-bond donors (Lipinski definition) is 1. The highest BCUT2D eigenvalue weighted by Gasteiger charge is 2.18. The van der Waals surface area contributed by atoms with Crippen LogP contribution in [0.4, 0.5) is 5.82 Å². The molecule has 1 atom stereocenters. The van der Waals surface area contributed by atoms with Crippen molar-refractivity contribution in [2.75, 3.05) is 5.73 Å². The van der Waals surface area contributed by atoms with Crippen LogP contribution in [0.3, 0.4) is 0 Å². The number of hydrogen-bond acceptors (Lipinski definition) is 7. The van der Waals surface area contributed by atoms with E-state index in [0.717, 1.165) is 5.69 Å². The molecule has 2 rings (SSSR count). The number of rotatable bonds is 4. The second kappa shape index (κ2) is 5.56. The van der Waals surface area contributed by atoms with Gasteiger partial charge in [0.15, 0.2) is 11.0 Å². The molecule has 102 valence electrons. The fourth-order valence-corrected chi connectivity index (χ4v) is 2.34. The normalized spacial score (nSPS) is 12.9. The summed E-state index contributed by atoms with van der Waals surface area (Å²) in [5.74, 6) is 2.01. The molecule has 0 bridgehead atoms. The van der Waals surface area contributed by atoms with Crippen molar-refractivity contribution in [3.63, 3.8) is 0 Å². The topological polar surface area (TPSA) is 90.7 Å². The fraction of sp³-hybridized carbons (Fsp3) is 0.500. The summed E-state index contributed by atoms with van der Waals surface area (Å²) in [7, 11) is 0. The summed E-state index contributed by atoms with van der Waals surface area (Å²) in [6.45, 7) is 7.91. The first-order chi connectivity index (χ1) is 8.95. The number of aryl methyl sites for hydroxylation is 1. The number of nitrogens with two attached hydrogens (primary N) is 1. The molecule has 2 aromatic rings. The molecule has 6 nitrogen and oxygen atoms in total. The summed E-state index contributed by atoms with van der Waals surface area (Å²) in [5.41, 5.74) is 6.54. The van der Waals surface area contributed by atoms with Gasteiger partial charge >= 0.3 is 0 Å². The van der Waals surface area contributed by atoms with Crippen molar-refractivity contribution in [3.8, 4) is 0 Å². The van der Waals surface area contributed by atoms with Gasteiger partial charge in [-0.1, -0.05) is 30.8 Å². The zero-order valence-electron chi connectivity index (χ0n) is 11.4. The Labute approximate surface area is 116 Å². The van der Waals surface area contributed by atoms with Crippen LogP contribution >= 0.6 is 11.8 Å². The van der Waals surface area contributed by atoms with E-state index in [2.05, 4.69) is 20.1 Å². The van der Waals surface area contributed by atoms with Gasteiger partial charge in [-0.25, -0.2) is 9.97 Å². The van der Waals surface area contributed by atoms with Crippen LogP contribution in [0.5, 0.6) is 0 Å². The van der Waals surface area contributed by atoms with Crippen molar-refractivity contribution in [2.24, 2.45) is 0 Å². The lowest BCUT2D eigenvalue weighted by molar-refractivity contribution is 0.373. The van der Waals surface area contributed by atoms with E-state index in [0.29, 0.717) is 22.7 Å². The third-order valence-corrected chi connectivity index (χ3v) is 3.41. The molecular weight excluding hydrogens is 262 g/mol. The molecule has 2 heterocycles. The molecule has 0 radical (unpaired) electrons. The van der Waals surface area contributed by atoms with E-state index in [1.807, 2.05) is 27.7 Å². The third-order valence-electron chi connectivity index (χ3n) is 2.46. The van der Waals surface area contributed by atoms with Gasteiger partial charge in [0.1, 0.15) is 5.82 Å². The molecule has 0 aliphatic rings. The van der Waals surface area contributed by atoms with Crippen molar-refractivity contribution < 1.29 is 4.52 Å². The van der Waals surface area contributed by atoms with Gasteiger partial charge in [0.05, 0.1) is 5.25 Å². The Morgan fingerprint density at radius 2 is 1.95 bits per heavy atom. The monoisotopic (exact) mass is 279 g/mol. The molecule has 2 N–H and O–H groups in total. The Morgan fingerprint density at radius 1 is 1.21 bits per heavy atom. The lowest BCUT2D eigenvalue weighted by atomic mass is 10.2. The Morgan fingerprint density at radius 3 is 2.53 bits per heavy atom. The average Bonchev–Trinajstić information content (AvgIpc) is 2.76. The highest BCUT2D eigenvalue weighted by molar-refractivity contribution is 7.99. The van der Waals surface area contributed by atoms with Gasteiger partial charge in [0.2, 0.25) is 5.89 Å². The highest BCUT2D eigenvalue weighted by atomic mass is 32.2. The minimum absolute atomic E-state index is 0.0128. The van der Waals surface area contributed by atoms with Gasteiger partial charge in [0, 0.05) is 17.7 Å². The fourth-order valence-electron chi connectivity index (χ4n) is 1.47. The lowest BCUT2D eigenvalue weighted by Crippen LogP contribution is -1.98. The number of nitrogen functional groups attached to an aromatic ring is 1. The molecule has 7 heteroatoms. The van der Waals surface area contributed by atoms with Crippen LogP contribution in [0.1, 0.15) is 49.3 Å². The Balaban J connectivity index is 2.13. The second-order valence-corrected chi connectivity index (χ2v) is 5.93. The van der Waals surface area contributed by atoms with E-state index < -0.39 is 0 Å². The SMILES string of the molecule is Cc1cc(N)nc(S[C@@H](C)c2nc(C(C)C)no2)n1. The van der Waals surface area contributed by atoms with Crippen LogP contribution in [0.2, 0.25) is 0 Å². The molecule has 19 heavy (non-hydrogen) atoms. The summed E-state index contributed by atoms with van der Waals surface area (Å²) >= 11 is 1.45. The molecule has 0 aliphatic carbocycles. The summed E-state index contributed by atoms with van der Waals surface area (Å²) in [6, 6.07) is 1.73. The molecule has 0 unspecified atom stereocenters. The summed E-state index contributed by atoms with van der Waals surface area (Å²) in [6.07, 6.45) is 0. The van der Waals surface area contributed by atoms with Crippen LogP contribution in [0.15, 0.2) is 15.7 Å². The quantitative estimate of drug-likeness (QED) is 0.679.